The molecule has 2 aromatic rings. The van der Waals surface area contributed by atoms with E-state index in [4.69, 9.17) is 0 Å². The van der Waals surface area contributed by atoms with E-state index in [1.165, 1.54) is 12.1 Å². The third-order valence-electron chi connectivity index (χ3n) is 3.40. The van der Waals surface area contributed by atoms with Crippen LogP contribution in [0.4, 0.5) is 0 Å². The number of rotatable bonds is 1. The molecule has 0 saturated carbocycles. The number of Topliss-reactive ketones (excluding diaryl/α,β-unsaturated/α-hetero) is 1. The monoisotopic (exact) mass is 299 g/mol. The number of allylic oxidation sites excluding steroid dienone is 1. The molecule has 1 N–H and O–H groups in total. The summed E-state index contributed by atoms with van der Waals surface area (Å²) in [4.78, 5) is 12.4. The van der Waals surface area contributed by atoms with E-state index in [1.807, 2.05) is 31.2 Å². The number of benzene rings is 2. The maximum Gasteiger partial charge on any atom is 0.262 e. The summed E-state index contributed by atoms with van der Waals surface area (Å²) in [5, 5.41) is 0. The van der Waals surface area contributed by atoms with Gasteiger partial charge in [-0.2, -0.15) is 0 Å². The molecule has 4 nitrogen and oxygen atoms in total. The number of carbonyl (C=O) groups excluding carboxylic acids is 1. The summed E-state index contributed by atoms with van der Waals surface area (Å²) in [5.41, 5.74) is 2.05. The van der Waals surface area contributed by atoms with Crippen molar-refractivity contribution in [2.75, 3.05) is 0 Å². The number of sulfonamides is 1. The maximum atomic E-state index is 12.4. The predicted octanol–water partition coefficient (Wildman–Crippen LogP) is 2.51. The van der Waals surface area contributed by atoms with Gasteiger partial charge in [0.05, 0.1) is 10.6 Å². The molecular formula is C16H13NO3S. The molecule has 1 aliphatic rings. The van der Waals surface area contributed by atoms with Gasteiger partial charge in [-0.1, -0.05) is 36.4 Å². The van der Waals surface area contributed by atoms with Crippen molar-refractivity contribution >= 4 is 21.9 Å². The molecule has 0 unspecified atom stereocenters. The summed E-state index contributed by atoms with van der Waals surface area (Å²) in [6.07, 6.45) is 1.57. The Morgan fingerprint density at radius 2 is 1.67 bits per heavy atom. The lowest BCUT2D eigenvalue weighted by Crippen LogP contribution is -2.34. The molecule has 0 aliphatic carbocycles. The van der Waals surface area contributed by atoms with Gasteiger partial charge in [-0.05, 0) is 36.3 Å². The molecule has 5 heteroatoms. The fraction of sp³-hybridized carbons (Fsp3) is 0.0625. The van der Waals surface area contributed by atoms with Crippen LogP contribution in [0.25, 0.3) is 6.08 Å². The van der Waals surface area contributed by atoms with Gasteiger partial charge in [0.1, 0.15) is 0 Å². The summed E-state index contributed by atoms with van der Waals surface area (Å²) < 4.78 is 26.8. The number of ketones is 1. The second kappa shape index (κ2) is 4.86. The lowest BCUT2D eigenvalue weighted by molar-refractivity contribution is 0.102. The van der Waals surface area contributed by atoms with E-state index >= 15 is 0 Å². The minimum absolute atomic E-state index is 0.0249. The van der Waals surface area contributed by atoms with Crippen LogP contribution >= 0.6 is 0 Å². The Bertz CT molecular complexity index is 867. The van der Waals surface area contributed by atoms with Crippen LogP contribution in [-0.2, 0) is 10.0 Å². The van der Waals surface area contributed by atoms with E-state index in [1.54, 1.807) is 18.2 Å². The Morgan fingerprint density at radius 1 is 1.00 bits per heavy atom. The second-order valence-electron chi connectivity index (χ2n) is 4.85. The highest BCUT2D eigenvalue weighted by atomic mass is 32.2. The Labute approximate surface area is 123 Å². The largest absolute Gasteiger partial charge is 0.287 e. The van der Waals surface area contributed by atoms with E-state index in [9.17, 15) is 13.2 Å². The highest BCUT2D eigenvalue weighted by Crippen LogP contribution is 2.25. The number of nitrogens with one attached hydrogen (secondary N) is 1. The summed E-state index contributed by atoms with van der Waals surface area (Å²) in [7, 11) is -3.70. The smallest absolute Gasteiger partial charge is 0.262 e. The Balaban J connectivity index is 2.16. The van der Waals surface area contributed by atoms with Gasteiger partial charge in [0.2, 0.25) is 5.78 Å². The summed E-state index contributed by atoms with van der Waals surface area (Å²) in [5.74, 6) is -0.316. The average Bonchev–Trinajstić information content (AvgIpc) is 2.47. The fourth-order valence-corrected chi connectivity index (χ4v) is 3.54. The SMILES string of the molecule is Cc1ccccc1/C=C1\NS(=O)(=O)c2ccccc2C1=O. The van der Waals surface area contributed by atoms with Crippen LogP contribution in [0.2, 0.25) is 0 Å². The molecule has 1 aliphatic heterocycles. The first-order valence-electron chi connectivity index (χ1n) is 6.43. The van der Waals surface area contributed by atoms with Crippen molar-refractivity contribution in [3.63, 3.8) is 0 Å². The van der Waals surface area contributed by atoms with E-state index < -0.39 is 10.0 Å². The molecular weight excluding hydrogens is 286 g/mol. The van der Waals surface area contributed by atoms with E-state index in [0.29, 0.717) is 0 Å². The summed E-state index contributed by atoms with van der Waals surface area (Å²) in [6, 6.07) is 13.7. The first kappa shape index (κ1) is 13.6. The van der Waals surface area contributed by atoms with Crippen LogP contribution in [0, 0.1) is 6.92 Å². The van der Waals surface area contributed by atoms with E-state index in [-0.39, 0.29) is 21.9 Å². The number of aryl methyl sites for hydroxylation is 1. The first-order chi connectivity index (χ1) is 9.99. The highest BCUT2D eigenvalue weighted by Gasteiger charge is 2.31. The number of carbonyl (C=O) groups is 1. The third-order valence-corrected chi connectivity index (χ3v) is 4.82. The van der Waals surface area contributed by atoms with Crippen molar-refractivity contribution in [3.8, 4) is 0 Å². The average molecular weight is 299 g/mol. The molecule has 0 atom stereocenters. The number of hydrogen-bond acceptors (Lipinski definition) is 3. The molecule has 106 valence electrons. The Morgan fingerprint density at radius 3 is 2.43 bits per heavy atom. The van der Waals surface area contributed by atoms with E-state index in [0.717, 1.165) is 11.1 Å². The Hall–Kier alpha value is -2.40. The third kappa shape index (κ3) is 2.36. The zero-order valence-electron chi connectivity index (χ0n) is 11.3. The van der Waals surface area contributed by atoms with Crippen LogP contribution in [0.5, 0.6) is 0 Å². The molecule has 3 rings (SSSR count). The zero-order valence-corrected chi connectivity index (χ0v) is 12.1. The molecule has 21 heavy (non-hydrogen) atoms. The van der Waals surface area contributed by atoms with Gasteiger partial charge in [-0.3, -0.25) is 9.52 Å². The number of hydrogen-bond donors (Lipinski definition) is 1. The van der Waals surface area contributed by atoms with Gasteiger partial charge in [0, 0.05) is 5.56 Å². The summed E-state index contributed by atoms with van der Waals surface area (Å²) >= 11 is 0. The van der Waals surface area contributed by atoms with Gasteiger partial charge >= 0.3 is 0 Å². The van der Waals surface area contributed by atoms with Crippen molar-refractivity contribution in [2.45, 2.75) is 11.8 Å². The Kier molecular flexibility index (Phi) is 3.14. The van der Waals surface area contributed by atoms with Crippen LogP contribution in [-0.4, -0.2) is 14.2 Å². The van der Waals surface area contributed by atoms with Crippen LogP contribution < -0.4 is 4.72 Å². The van der Waals surface area contributed by atoms with Crippen molar-refractivity contribution < 1.29 is 13.2 Å². The highest BCUT2D eigenvalue weighted by molar-refractivity contribution is 7.90. The van der Waals surface area contributed by atoms with Crippen molar-refractivity contribution in [1.29, 1.82) is 0 Å². The molecule has 0 aromatic heterocycles. The van der Waals surface area contributed by atoms with Gasteiger partial charge < -0.3 is 0 Å². The molecule has 0 bridgehead atoms. The van der Waals surface area contributed by atoms with Crippen molar-refractivity contribution in [2.24, 2.45) is 0 Å². The van der Waals surface area contributed by atoms with Gasteiger partial charge in [-0.15, -0.1) is 0 Å². The summed E-state index contributed by atoms with van der Waals surface area (Å²) in [6.45, 7) is 1.90. The molecule has 0 spiro atoms. The number of fused-ring (bicyclic) bond motifs is 1. The van der Waals surface area contributed by atoms with Gasteiger partial charge in [0.25, 0.3) is 10.0 Å². The van der Waals surface area contributed by atoms with E-state index in [2.05, 4.69) is 4.72 Å². The lowest BCUT2D eigenvalue weighted by atomic mass is 10.0. The lowest BCUT2D eigenvalue weighted by Gasteiger charge is -2.19. The quantitative estimate of drug-likeness (QED) is 0.823. The van der Waals surface area contributed by atoms with Crippen LogP contribution in [0.15, 0.2) is 59.1 Å². The minimum atomic E-state index is -3.70. The van der Waals surface area contributed by atoms with Crippen LogP contribution in [0.3, 0.4) is 0 Å². The second-order valence-corrected chi connectivity index (χ2v) is 6.50. The minimum Gasteiger partial charge on any atom is -0.287 e. The first-order valence-corrected chi connectivity index (χ1v) is 7.91. The van der Waals surface area contributed by atoms with Gasteiger partial charge in [-0.25, -0.2) is 8.42 Å². The predicted molar refractivity (Wildman–Crippen MR) is 80.3 cm³/mol. The molecule has 0 saturated heterocycles. The van der Waals surface area contributed by atoms with Gasteiger partial charge in [0.15, 0.2) is 0 Å². The maximum absolute atomic E-state index is 12.4. The molecule has 0 radical (unpaired) electrons. The zero-order chi connectivity index (χ0) is 15.0. The van der Waals surface area contributed by atoms with Crippen molar-refractivity contribution in [1.82, 2.24) is 4.72 Å². The topological polar surface area (TPSA) is 63.2 Å². The van der Waals surface area contributed by atoms with Crippen LogP contribution in [0.1, 0.15) is 21.5 Å². The fourth-order valence-electron chi connectivity index (χ4n) is 2.28. The van der Waals surface area contributed by atoms with Crippen molar-refractivity contribution in [3.05, 3.63) is 70.9 Å². The molecule has 0 fully saturated rings. The standard InChI is InChI=1S/C16H13NO3S/c1-11-6-2-3-7-12(11)10-14-16(18)13-8-4-5-9-15(13)21(19,20)17-14/h2-10,17H,1H3/b14-10-. The molecule has 2 aromatic carbocycles. The normalized spacial score (nSPS) is 18.1. The molecule has 0 amide bonds. The molecule has 1 heterocycles.